The van der Waals surface area contributed by atoms with E-state index in [2.05, 4.69) is 42.6 Å². The van der Waals surface area contributed by atoms with Gasteiger partial charge in [-0.25, -0.2) is 14.0 Å². The molecule has 1 heterocycles. The van der Waals surface area contributed by atoms with Gasteiger partial charge in [0.2, 0.25) is 0 Å². The summed E-state index contributed by atoms with van der Waals surface area (Å²) in [7, 11) is 0. The van der Waals surface area contributed by atoms with E-state index in [1.165, 1.54) is 46.7 Å². The molecular weight excluding hydrogens is 495 g/mol. The number of likely N-dealkylation sites (tertiary alicyclic amines) is 1. The number of carbonyl (C=O) groups excluding carboxylic acids is 1. The van der Waals surface area contributed by atoms with Crippen molar-refractivity contribution in [3.05, 3.63) is 114 Å². The van der Waals surface area contributed by atoms with E-state index in [4.69, 9.17) is 9.84 Å². The third kappa shape index (κ3) is 6.10. The van der Waals surface area contributed by atoms with Crippen LogP contribution in [0.15, 0.2) is 91.0 Å². The number of nitrogens with one attached hydrogen (secondary N) is 1. The van der Waals surface area contributed by atoms with Crippen LogP contribution in [0.4, 0.5) is 9.18 Å². The first kappa shape index (κ1) is 26.4. The highest BCUT2D eigenvalue weighted by Crippen LogP contribution is 2.34. The van der Waals surface area contributed by atoms with Gasteiger partial charge in [0, 0.05) is 25.7 Å². The highest BCUT2D eigenvalue weighted by Gasteiger charge is 2.33. The molecule has 0 aliphatic carbocycles. The number of halogens is 1. The average molecular weight is 527 g/mol. The second-order valence-electron chi connectivity index (χ2n) is 10.1. The molecule has 7 heteroatoms. The smallest absolute Gasteiger partial charge is 0.415 e. The zero-order chi connectivity index (χ0) is 27.4. The maximum absolute atomic E-state index is 14.1. The van der Waals surface area contributed by atoms with Crippen molar-refractivity contribution in [2.24, 2.45) is 5.92 Å². The number of amides is 1. The van der Waals surface area contributed by atoms with Crippen molar-refractivity contribution in [3.8, 4) is 5.75 Å². The lowest BCUT2D eigenvalue weighted by Crippen LogP contribution is -2.47. The normalized spacial score (nSPS) is 18.1. The van der Waals surface area contributed by atoms with Crippen LogP contribution in [0.1, 0.15) is 46.8 Å². The van der Waals surface area contributed by atoms with Crippen molar-refractivity contribution in [1.82, 2.24) is 10.2 Å². The highest BCUT2D eigenvalue weighted by molar-refractivity contribution is 5.88. The molecule has 39 heavy (non-hydrogen) atoms. The van der Waals surface area contributed by atoms with Gasteiger partial charge >= 0.3 is 12.1 Å². The van der Waals surface area contributed by atoms with Gasteiger partial charge in [-0.15, -0.1) is 0 Å². The Morgan fingerprint density at radius 2 is 1.77 bits per heavy atom. The number of rotatable bonds is 7. The Labute approximate surface area is 227 Å². The minimum atomic E-state index is -1.04. The molecule has 1 aliphatic rings. The van der Waals surface area contributed by atoms with Crippen LogP contribution in [0.2, 0.25) is 0 Å². The molecule has 1 fully saturated rings. The zero-order valence-corrected chi connectivity index (χ0v) is 21.7. The lowest BCUT2D eigenvalue weighted by atomic mass is 9.80. The van der Waals surface area contributed by atoms with Gasteiger partial charge < -0.3 is 20.1 Å². The van der Waals surface area contributed by atoms with Crippen LogP contribution < -0.4 is 10.1 Å². The number of piperidine rings is 1. The van der Waals surface area contributed by atoms with Crippen LogP contribution in [0, 0.1) is 11.7 Å². The van der Waals surface area contributed by atoms with Gasteiger partial charge in [-0.1, -0.05) is 54.6 Å². The van der Waals surface area contributed by atoms with Gasteiger partial charge in [0.05, 0.1) is 5.56 Å². The summed E-state index contributed by atoms with van der Waals surface area (Å²) in [6.45, 7) is 3.68. The van der Waals surface area contributed by atoms with E-state index in [0.29, 0.717) is 26.1 Å². The van der Waals surface area contributed by atoms with Gasteiger partial charge in [-0.2, -0.15) is 0 Å². The first-order valence-electron chi connectivity index (χ1n) is 13.2. The third-order valence-electron chi connectivity index (χ3n) is 7.55. The summed E-state index contributed by atoms with van der Waals surface area (Å²) in [5.74, 6) is -0.918. The molecule has 5 rings (SSSR count). The number of benzene rings is 4. The van der Waals surface area contributed by atoms with Gasteiger partial charge in [0.1, 0.15) is 11.6 Å². The van der Waals surface area contributed by atoms with Crippen molar-refractivity contribution in [2.75, 3.05) is 19.6 Å². The van der Waals surface area contributed by atoms with Crippen LogP contribution in [-0.4, -0.2) is 41.7 Å². The Morgan fingerprint density at radius 1 is 1.03 bits per heavy atom. The number of nitrogens with zero attached hydrogens (tertiary/aromatic N) is 1. The molecule has 4 aromatic rings. The predicted molar refractivity (Wildman–Crippen MR) is 149 cm³/mol. The second-order valence-corrected chi connectivity index (χ2v) is 10.1. The van der Waals surface area contributed by atoms with Crippen molar-refractivity contribution in [3.63, 3.8) is 0 Å². The summed E-state index contributed by atoms with van der Waals surface area (Å²) in [5.41, 5.74) is 2.25. The Balaban J connectivity index is 1.32. The molecule has 0 bridgehead atoms. The number of carboxylic acids is 1. The summed E-state index contributed by atoms with van der Waals surface area (Å²) in [5, 5.41) is 15.2. The van der Waals surface area contributed by atoms with Crippen LogP contribution in [0.25, 0.3) is 10.8 Å². The fourth-order valence-corrected chi connectivity index (χ4v) is 5.48. The van der Waals surface area contributed by atoms with E-state index >= 15 is 0 Å². The van der Waals surface area contributed by atoms with Crippen LogP contribution in [-0.2, 0) is 0 Å². The van der Waals surface area contributed by atoms with Gasteiger partial charge in [-0.05, 0) is 83.5 Å². The molecule has 0 radical (unpaired) electrons. The second kappa shape index (κ2) is 11.7. The summed E-state index contributed by atoms with van der Waals surface area (Å²) < 4.78 is 19.7. The molecule has 2 N–H and O–H groups in total. The quantitative estimate of drug-likeness (QED) is 0.283. The number of fused-ring (bicyclic) bond motifs is 1. The largest absolute Gasteiger partial charge is 0.478 e. The Kier molecular flexibility index (Phi) is 7.89. The lowest BCUT2D eigenvalue weighted by molar-refractivity contribution is 0.0697. The molecule has 3 atom stereocenters. The summed E-state index contributed by atoms with van der Waals surface area (Å²) in [6, 6.07) is 27.1. The molecule has 1 saturated heterocycles. The highest BCUT2D eigenvalue weighted by atomic mass is 19.1. The molecule has 6 nitrogen and oxygen atoms in total. The SMILES string of the molecule is C[C@@H](NCC1CN(C(=O)Oc2ccc(C(=O)O)cc2)CCC1c1cccc(F)c1)c1cccc2ccccc12. The average Bonchev–Trinajstić information content (AvgIpc) is 2.95. The van der Waals surface area contributed by atoms with Crippen LogP contribution in [0.3, 0.4) is 0 Å². The van der Waals surface area contributed by atoms with E-state index in [-0.39, 0.29) is 35.0 Å². The standard InChI is InChI=1S/C32H31FN2O4/c1-21(28-11-5-7-22-6-2-3-10-30(22)28)34-19-25-20-35(17-16-29(25)24-8-4-9-26(33)18-24)32(38)39-27-14-12-23(13-15-27)31(36)37/h2-15,18,21,25,29,34H,16-17,19-20H2,1H3,(H,36,37)/t21-,25?,29?/m1/s1. The number of carbonyl (C=O) groups is 2. The number of aromatic carboxylic acids is 1. The van der Waals surface area contributed by atoms with Crippen molar-refractivity contribution < 1.29 is 23.8 Å². The molecule has 1 amide bonds. The van der Waals surface area contributed by atoms with E-state index < -0.39 is 12.1 Å². The van der Waals surface area contributed by atoms with Crippen molar-refractivity contribution in [2.45, 2.75) is 25.3 Å². The van der Waals surface area contributed by atoms with E-state index in [0.717, 1.165) is 5.56 Å². The molecular formula is C32H31FN2O4. The Hall–Kier alpha value is -4.23. The predicted octanol–water partition coefficient (Wildman–Crippen LogP) is 6.63. The first-order valence-corrected chi connectivity index (χ1v) is 13.2. The number of hydrogen-bond donors (Lipinski definition) is 2. The fraction of sp³-hybridized carbons (Fsp3) is 0.250. The fourth-order valence-electron chi connectivity index (χ4n) is 5.48. The maximum atomic E-state index is 14.1. The molecule has 0 spiro atoms. The maximum Gasteiger partial charge on any atom is 0.415 e. The van der Waals surface area contributed by atoms with Crippen LogP contribution >= 0.6 is 0 Å². The molecule has 0 saturated carbocycles. The summed E-state index contributed by atoms with van der Waals surface area (Å²) in [4.78, 5) is 25.8. The minimum Gasteiger partial charge on any atom is -0.478 e. The molecule has 0 aromatic heterocycles. The van der Waals surface area contributed by atoms with E-state index in [1.54, 1.807) is 17.0 Å². The van der Waals surface area contributed by atoms with Gasteiger partial charge in [0.15, 0.2) is 0 Å². The summed E-state index contributed by atoms with van der Waals surface area (Å²) >= 11 is 0. The van der Waals surface area contributed by atoms with Crippen molar-refractivity contribution in [1.29, 1.82) is 0 Å². The van der Waals surface area contributed by atoms with Gasteiger partial charge in [-0.3, -0.25) is 0 Å². The third-order valence-corrected chi connectivity index (χ3v) is 7.55. The molecule has 200 valence electrons. The lowest BCUT2D eigenvalue weighted by Gasteiger charge is -2.39. The molecule has 1 aliphatic heterocycles. The monoisotopic (exact) mass is 526 g/mol. The Bertz CT molecular complexity index is 1470. The van der Waals surface area contributed by atoms with Gasteiger partial charge in [0.25, 0.3) is 0 Å². The number of ether oxygens (including phenoxy) is 1. The van der Waals surface area contributed by atoms with Crippen LogP contribution in [0.5, 0.6) is 5.75 Å². The van der Waals surface area contributed by atoms with Crippen molar-refractivity contribution >= 4 is 22.8 Å². The number of carboxylic acid groups (broad SMARTS) is 1. The molecule has 2 unspecified atom stereocenters. The minimum absolute atomic E-state index is 0.0277. The Morgan fingerprint density at radius 3 is 2.54 bits per heavy atom. The molecule has 4 aromatic carbocycles. The summed E-state index contributed by atoms with van der Waals surface area (Å²) in [6.07, 6.45) is 0.189. The topological polar surface area (TPSA) is 78.9 Å². The number of hydrogen-bond acceptors (Lipinski definition) is 4. The first-order chi connectivity index (χ1) is 18.9. The van der Waals surface area contributed by atoms with E-state index in [9.17, 15) is 14.0 Å². The zero-order valence-electron chi connectivity index (χ0n) is 21.7. The van der Waals surface area contributed by atoms with E-state index in [1.807, 2.05) is 18.2 Å².